The molecule has 1 rings (SSSR count). The van der Waals surface area contributed by atoms with Crippen LogP contribution in [0.5, 0.6) is 0 Å². The van der Waals surface area contributed by atoms with Crippen molar-refractivity contribution in [2.45, 2.75) is 0 Å². The maximum atomic E-state index is 12.2. The van der Waals surface area contributed by atoms with Crippen molar-refractivity contribution in [3.05, 3.63) is 18.1 Å². The minimum atomic E-state index is -0.415. The summed E-state index contributed by atoms with van der Waals surface area (Å²) in [5, 5.41) is 0. The summed E-state index contributed by atoms with van der Waals surface area (Å²) in [6.45, 7) is 0. The van der Waals surface area contributed by atoms with E-state index in [1.807, 2.05) is 0 Å². The molecule has 5 N–H and O–H groups in total. The minimum Gasteiger partial charge on any atom is -0.392 e. The highest BCUT2D eigenvalue weighted by Gasteiger charge is 2.00. The predicted octanol–water partition coefficient (Wildman–Crippen LogP) is -0.196. The van der Waals surface area contributed by atoms with Crippen molar-refractivity contribution in [3.8, 4) is 0 Å². The van der Waals surface area contributed by atoms with Crippen LogP contribution in [0.3, 0.4) is 0 Å². The molecule has 0 aliphatic heterocycles. The third-order valence-electron chi connectivity index (χ3n) is 0.970. The lowest BCUT2D eigenvalue weighted by molar-refractivity contribution is -0.362. The number of hydrogen-bond acceptors (Lipinski definition) is 2. The zero-order chi connectivity index (χ0) is 6.85. The Bertz CT molecular complexity index is 223. The van der Waals surface area contributed by atoms with Crippen LogP contribution in [0.4, 0.5) is 15.9 Å². The predicted molar refractivity (Wildman–Crippen MR) is 31.8 cm³/mol. The fourth-order valence-corrected chi connectivity index (χ4v) is 0.498. The highest BCUT2D eigenvalue weighted by Crippen LogP contribution is 2.06. The Kier molecular flexibility index (Phi) is 1.22. The standard InChI is InChI=1S/C5H6FN3/c6-3-1-4(7)5(8)9-2-3/h1-2H,7H2,(H2,8,9)/p+1. The quantitative estimate of drug-likeness (QED) is 0.508. The fraction of sp³-hybridized carbons (Fsp3) is 0. The van der Waals surface area contributed by atoms with Gasteiger partial charge in [0, 0.05) is 6.07 Å². The topological polar surface area (TPSA) is 66.2 Å². The van der Waals surface area contributed by atoms with Crippen LogP contribution in [-0.2, 0) is 0 Å². The van der Waals surface area contributed by atoms with Crippen molar-refractivity contribution in [1.29, 1.82) is 0 Å². The second-order valence-corrected chi connectivity index (χ2v) is 1.69. The molecule has 0 fully saturated rings. The molecule has 1 heterocycles. The summed E-state index contributed by atoms with van der Waals surface area (Å²) >= 11 is 0. The average molecular weight is 128 g/mol. The molecule has 0 aliphatic carbocycles. The maximum absolute atomic E-state index is 12.2. The van der Waals surface area contributed by atoms with E-state index in [4.69, 9.17) is 11.5 Å². The molecule has 0 radical (unpaired) electrons. The van der Waals surface area contributed by atoms with E-state index in [2.05, 4.69) is 4.98 Å². The molecule has 0 spiro atoms. The lowest BCUT2D eigenvalue weighted by atomic mass is 10.4. The second-order valence-electron chi connectivity index (χ2n) is 1.69. The Morgan fingerprint density at radius 2 is 2.11 bits per heavy atom. The number of nitrogens with two attached hydrogens (primary N) is 2. The number of H-pyrrole nitrogens is 1. The Morgan fingerprint density at radius 3 is 2.56 bits per heavy atom. The molecule has 0 saturated carbocycles. The van der Waals surface area contributed by atoms with Crippen LogP contribution in [0.2, 0.25) is 0 Å². The van der Waals surface area contributed by atoms with E-state index in [1.165, 1.54) is 0 Å². The first-order valence-electron chi connectivity index (χ1n) is 2.42. The zero-order valence-corrected chi connectivity index (χ0v) is 4.69. The van der Waals surface area contributed by atoms with Gasteiger partial charge in [0.2, 0.25) is 0 Å². The number of anilines is 2. The summed E-state index contributed by atoms with van der Waals surface area (Å²) in [5.74, 6) is -0.127. The van der Waals surface area contributed by atoms with Gasteiger partial charge in [0.05, 0.1) is 0 Å². The van der Waals surface area contributed by atoms with Crippen molar-refractivity contribution in [1.82, 2.24) is 0 Å². The van der Waals surface area contributed by atoms with Crippen LogP contribution in [0.25, 0.3) is 0 Å². The largest absolute Gasteiger partial charge is 0.392 e. The van der Waals surface area contributed by atoms with Crippen LogP contribution in [0, 0.1) is 5.82 Å². The van der Waals surface area contributed by atoms with Crippen molar-refractivity contribution < 1.29 is 9.37 Å². The highest BCUT2D eigenvalue weighted by molar-refractivity contribution is 5.53. The summed E-state index contributed by atoms with van der Waals surface area (Å²) in [5.41, 5.74) is 10.7. The number of nitrogen functional groups attached to an aromatic ring is 2. The lowest BCUT2D eigenvalue weighted by Crippen LogP contribution is -2.12. The molecule has 4 heteroatoms. The summed E-state index contributed by atoms with van der Waals surface area (Å²) in [4.78, 5) is 2.45. The van der Waals surface area contributed by atoms with Crippen LogP contribution in [0.1, 0.15) is 0 Å². The molecule has 9 heavy (non-hydrogen) atoms. The number of nitrogens with one attached hydrogen (secondary N) is 1. The van der Waals surface area contributed by atoms with Gasteiger partial charge in [0.15, 0.2) is 5.82 Å². The van der Waals surface area contributed by atoms with E-state index >= 15 is 0 Å². The van der Waals surface area contributed by atoms with Crippen molar-refractivity contribution in [2.24, 2.45) is 0 Å². The number of pyridine rings is 1. The van der Waals surface area contributed by atoms with Crippen molar-refractivity contribution in [2.75, 3.05) is 11.5 Å². The van der Waals surface area contributed by atoms with Gasteiger partial charge < -0.3 is 5.73 Å². The first-order valence-corrected chi connectivity index (χ1v) is 2.42. The van der Waals surface area contributed by atoms with E-state index in [-0.39, 0.29) is 11.5 Å². The third-order valence-corrected chi connectivity index (χ3v) is 0.970. The monoisotopic (exact) mass is 128 g/mol. The fourth-order valence-electron chi connectivity index (χ4n) is 0.498. The molecule has 48 valence electrons. The average Bonchev–Trinajstić information content (AvgIpc) is 1.80. The normalized spacial score (nSPS) is 9.44. The van der Waals surface area contributed by atoms with Crippen LogP contribution < -0.4 is 16.5 Å². The van der Waals surface area contributed by atoms with E-state index in [0.29, 0.717) is 0 Å². The lowest BCUT2D eigenvalue weighted by Gasteiger charge is -1.90. The van der Waals surface area contributed by atoms with Gasteiger partial charge >= 0.3 is 0 Å². The molecule has 3 nitrogen and oxygen atoms in total. The van der Waals surface area contributed by atoms with E-state index in [0.717, 1.165) is 12.3 Å². The minimum absolute atomic E-state index is 0.231. The Labute approximate surface area is 51.5 Å². The first kappa shape index (κ1) is 5.81. The molecule has 1 aromatic heterocycles. The van der Waals surface area contributed by atoms with Gasteiger partial charge in [0.1, 0.15) is 11.9 Å². The highest BCUT2D eigenvalue weighted by atomic mass is 19.1. The van der Waals surface area contributed by atoms with Gasteiger partial charge in [-0.1, -0.05) is 0 Å². The number of halogens is 1. The number of hydrogen-bond donors (Lipinski definition) is 2. The number of aromatic amines is 1. The van der Waals surface area contributed by atoms with Gasteiger partial charge in [-0.05, 0) is 0 Å². The van der Waals surface area contributed by atoms with Crippen molar-refractivity contribution in [3.63, 3.8) is 0 Å². The first-order chi connectivity index (χ1) is 4.20. The van der Waals surface area contributed by atoms with Gasteiger partial charge in [0.25, 0.3) is 5.82 Å². The zero-order valence-electron chi connectivity index (χ0n) is 4.69. The van der Waals surface area contributed by atoms with E-state index in [1.54, 1.807) is 0 Å². The Balaban J connectivity index is 3.17. The summed E-state index contributed by atoms with van der Waals surface area (Å²) < 4.78 is 12.2. The molecule has 0 unspecified atom stereocenters. The van der Waals surface area contributed by atoms with Crippen molar-refractivity contribution >= 4 is 11.5 Å². The van der Waals surface area contributed by atoms with Gasteiger partial charge in [-0.15, -0.1) is 0 Å². The van der Waals surface area contributed by atoms with E-state index < -0.39 is 5.82 Å². The number of rotatable bonds is 0. The van der Waals surface area contributed by atoms with Crippen LogP contribution in [0.15, 0.2) is 12.3 Å². The third kappa shape index (κ3) is 1.07. The van der Waals surface area contributed by atoms with Gasteiger partial charge in [-0.3, -0.25) is 5.73 Å². The van der Waals surface area contributed by atoms with Gasteiger partial charge in [-0.2, -0.15) is 0 Å². The summed E-state index contributed by atoms with van der Waals surface area (Å²) in [6, 6.07) is 1.16. The number of aromatic nitrogens is 1. The summed E-state index contributed by atoms with van der Waals surface area (Å²) in [7, 11) is 0. The second kappa shape index (κ2) is 1.89. The van der Waals surface area contributed by atoms with Gasteiger partial charge in [-0.25, -0.2) is 9.37 Å². The molecule has 0 aromatic carbocycles. The molecular formula is C5H7FN3+. The Hall–Kier alpha value is -1.32. The Morgan fingerprint density at radius 1 is 1.44 bits per heavy atom. The SMILES string of the molecule is Nc1cc(F)c[nH+]c1N. The molecule has 0 atom stereocenters. The van der Waals surface area contributed by atoms with Crippen LogP contribution >= 0.6 is 0 Å². The molecule has 0 amide bonds. The van der Waals surface area contributed by atoms with Crippen LogP contribution in [-0.4, -0.2) is 0 Å². The smallest absolute Gasteiger partial charge is 0.293 e. The van der Waals surface area contributed by atoms with E-state index in [9.17, 15) is 4.39 Å². The maximum Gasteiger partial charge on any atom is 0.293 e. The molecular weight excluding hydrogens is 121 g/mol. The molecule has 1 aromatic rings. The molecule has 0 aliphatic rings. The molecule has 0 saturated heterocycles. The summed E-state index contributed by atoms with van der Waals surface area (Å²) in [6.07, 6.45) is 1.14. The molecule has 0 bridgehead atoms.